The Hall–Kier alpha value is -1.39. The first-order valence-corrected chi connectivity index (χ1v) is 8.52. The smallest absolute Gasteiger partial charge is 0.237 e. The summed E-state index contributed by atoms with van der Waals surface area (Å²) in [5.74, 6) is 0.142. The van der Waals surface area contributed by atoms with Gasteiger partial charge in [-0.05, 0) is 31.2 Å². The highest BCUT2D eigenvalue weighted by molar-refractivity contribution is 5.82. The van der Waals surface area contributed by atoms with E-state index in [1.807, 2.05) is 18.2 Å². The molecule has 0 radical (unpaired) electrons. The van der Waals surface area contributed by atoms with Crippen LogP contribution in [0.15, 0.2) is 30.3 Å². The summed E-state index contributed by atoms with van der Waals surface area (Å²) in [7, 11) is 0. The lowest BCUT2D eigenvalue weighted by atomic mass is 10.1. The van der Waals surface area contributed by atoms with Gasteiger partial charge >= 0.3 is 0 Å². The van der Waals surface area contributed by atoms with Crippen LogP contribution in [-0.2, 0) is 11.2 Å². The lowest BCUT2D eigenvalue weighted by Gasteiger charge is -2.21. The number of rotatable bonds is 10. The lowest BCUT2D eigenvalue weighted by Crippen LogP contribution is -2.49. The molecule has 2 atom stereocenters. The van der Waals surface area contributed by atoms with Gasteiger partial charge in [0.25, 0.3) is 0 Å². The third kappa shape index (κ3) is 6.16. The first-order chi connectivity index (χ1) is 10.7. The molecular formula is C18H29N3O. The number of amides is 1. The maximum atomic E-state index is 12.3. The zero-order valence-corrected chi connectivity index (χ0v) is 13.6. The van der Waals surface area contributed by atoms with Crippen LogP contribution in [0.2, 0.25) is 0 Å². The van der Waals surface area contributed by atoms with Crippen molar-refractivity contribution in [3.8, 4) is 0 Å². The summed E-state index contributed by atoms with van der Waals surface area (Å²) >= 11 is 0. The molecule has 1 aromatic rings. The van der Waals surface area contributed by atoms with Crippen molar-refractivity contribution in [3.63, 3.8) is 0 Å². The molecule has 4 nitrogen and oxygen atoms in total. The normalized spacial score (nSPS) is 17.0. The van der Waals surface area contributed by atoms with Crippen LogP contribution in [0.5, 0.6) is 0 Å². The Morgan fingerprint density at radius 2 is 2.05 bits per heavy atom. The SMILES string of the molecule is CCCC[C@H](NC[C@@H](N)Cc1ccccc1)C(=O)NC1CC1. The van der Waals surface area contributed by atoms with Crippen molar-refractivity contribution >= 4 is 5.91 Å². The van der Waals surface area contributed by atoms with Crippen LogP contribution >= 0.6 is 0 Å². The molecule has 0 saturated heterocycles. The van der Waals surface area contributed by atoms with E-state index >= 15 is 0 Å². The molecule has 0 spiro atoms. The summed E-state index contributed by atoms with van der Waals surface area (Å²) < 4.78 is 0. The molecule has 1 saturated carbocycles. The van der Waals surface area contributed by atoms with Crippen LogP contribution in [0.25, 0.3) is 0 Å². The van der Waals surface area contributed by atoms with Crippen molar-refractivity contribution in [2.75, 3.05) is 6.54 Å². The molecule has 1 amide bonds. The highest BCUT2D eigenvalue weighted by Gasteiger charge is 2.27. The number of carbonyl (C=O) groups is 1. The van der Waals surface area contributed by atoms with E-state index < -0.39 is 0 Å². The van der Waals surface area contributed by atoms with Gasteiger partial charge in [0.05, 0.1) is 6.04 Å². The second kappa shape index (κ2) is 8.91. The van der Waals surface area contributed by atoms with Gasteiger partial charge in [-0.1, -0.05) is 50.1 Å². The van der Waals surface area contributed by atoms with E-state index in [4.69, 9.17) is 5.73 Å². The fourth-order valence-electron chi connectivity index (χ4n) is 2.55. The second-order valence-electron chi connectivity index (χ2n) is 6.34. The topological polar surface area (TPSA) is 67.1 Å². The van der Waals surface area contributed by atoms with E-state index in [-0.39, 0.29) is 18.0 Å². The quantitative estimate of drug-likeness (QED) is 0.619. The molecule has 0 unspecified atom stereocenters. The van der Waals surface area contributed by atoms with Gasteiger partial charge in [-0.25, -0.2) is 0 Å². The van der Waals surface area contributed by atoms with Crippen molar-refractivity contribution in [2.45, 2.75) is 63.6 Å². The van der Waals surface area contributed by atoms with Gasteiger partial charge in [0.1, 0.15) is 0 Å². The summed E-state index contributed by atoms with van der Waals surface area (Å²) in [6.45, 7) is 2.82. The molecule has 1 aliphatic carbocycles. The molecule has 2 rings (SSSR count). The van der Waals surface area contributed by atoms with Crippen molar-refractivity contribution in [2.24, 2.45) is 5.73 Å². The van der Waals surface area contributed by atoms with Crippen LogP contribution in [0.1, 0.15) is 44.6 Å². The number of hydrogen-bond acceptors (Lipinski definition) is 3. The van der Waals surface area contributed by atoms with E-state index in [1.165, 1.54) is 5.56 Å². The van der Waals surface area contributed by atoms with Crippen LogP contribution in [0.3, 0.4) is 0 Å². The van der Waals surface area contributed by atoms with E-state index in [0.717, 1.165) is 38.5 Å². The molecular weight excluding hydrogens is 274 g/mol. The Balaban J connectivity index is 1.77. The Bertz CT molecular complexity index is 445. The minimum absolute atomic E-state index is 0.0280. The van der Waals surface area contributed by atoms with E-state index in [9.17, 15) is 4.79 Å². The van der Waals surface area contributed by atoms with Crippen molar-refractivity contribution in [1.82, 2.24) is 10.6 Å². The van der Waals surface area contributed by atoms with Gasteiger partial charge in [-0.2, -0.15) is 0 Å². The van der Waals surface area contributed by atoms with E-state index in [0.29, 0.717) is 12.6 Å². The van der Waals surface area contributed by atoms with Gasteiger partial charge in [0, 0.05) is 18.6 Å². The van der Waals surface area contributed by atoms with E-state index in [1.54, 1.807) is 0 Å². The predicted octanol–water partition coefficient (Wildman–Crippen LogP) is 1.98. The molecule has 0 heterocycles. The fraction of sp³-hybridized carbons (Fsp3) is 0.611. The minimum atomic E-state index is -0.109. The van der Waals surface area contributed by atoms with Gasteiger partial charge in [0.2, 0.25) is 5.91 Å². The van der Waals surface area contributed by atoms with Crippen molar-refractivity contribution < 1.29 is 4.79 Å². The number of nitrogens with two attached hydrogens (primary N) is 1. The first kappa shape index (κ1) is 17.0. The number of carbonyl (C=O) groups excluding carboxylic acids is 1. The maximum Gasteiger partial charge on any atom is 0.237 e. The largest absolute Gasteiger partial charge is 0.352 e. The first-order valence-electron chi connectivity index (χ1n) is 8.52. The number of benzene rings is 1. The van der Waals surface area contributed by atoms with E-state index in [2.05, 4.69) is 29.7 Å². The van der Waals surface area contributed by atoms with Crippen molar-refractivity contribution in [3.05, 3.63) is 35.9 Å². The number of unbranched alkanes of at least 4 members (excludes halogenated alkanes) is 1. The highest BCUT2D eigenvalue weighted by atomic mass is 16.2. The molecule has 1 aromatic carbocycles. The summed E-state index contributed by atoms with van der Waals surface area (Å²) in [5, 5.41) is 6.46. The predicted molar refractivity (Wildman–Crippen MR) is 90.6 cm³/mol. The molecule has 0 bridgehead atoms. The Morgan fingerprint density at radius 3 is 2.68 bits per heavy atom. The summed E-state index contributed by atoms with van der Waals surface area (Å²) in [5.41, 5.74) is 7.44. The van der Waals surface area contributed by atoms with Gasteiger partial charge in [-0.15, -0.1) is 0 Å². The Kier molecular flexibility index (Phi) is 6.87. The average molecular weight is 303 g/mol. The Morgan fingerprint density at radius 1 is 1.32 bits per heavy atom. The highest BCUT2D eigenvalue weighted by Crippen LogP contribution is 2.19. The standard InChI is InChI=1S/C18H29N3O/c1-2-3-9-17(18(22)21-16-10-11-16)20-13-15(19)12-14-7-5-4-6-8-14/h4-8,15-17,20H,2-3,9-13,19H2,1H3,(H,21,22)/t15-,17-/m0/s1. The monoisotopic (exact) mass is 303 g/mol. The molecule has 0 aromatic heterocycles. The maximum absolute atomic E-state index is 12.3. The van der Waals surface area contributed by atoms with Crippen LogP contribution < -0.4 is 16.4 Å². The molecule has 1 fully saturated rings. The van der Waals surface area contributed by atoms with Crippen LogP contribution in [0, 0.1) is 0 Å². The third-order valence-electron chi connectivity index (χ3n) is 4.05. The van der Waals surface area contributed by atoms with Gasteiger partial charge < -0.3 is 16.4 Å². The fourth-order valence-corrected chi connectivity index (χ4v) is 2.55. The molecule has 4 N–H and O–H groups in total. The second-order valence-corrected chi connectivity index (χ2v) is 6.34. The van der Waals surface area contributed by atoms with Crippen LogP contribution in [-0.4, -0.2) is 30.6 Å². The van der Waals surface area contributed by atoms with Gasteiger partial charge in [-0.3, -0.25) is 4.79 Å². The molecule has 0 aliphatic heterocycles. The van der Waals surface area contributed by atoms with Gasteiger partial charge in [0.15, 0.2) is 0 Å². The molecule has 122 valence electrons. The summed E-state index contributed by atoms with van der Waals surface area (Å²) in [6.07, 6.45) is 6.12. The zero-order chi connectivity index (χ0) is 15.8. The molecule has 22 heavy (non-hydrogen) atoms. The zero-order valence-electron chi connectivity index (χ0n) is 13.6. The van der Waals surface area contributed by atoms with Crippen LogP contribution in [0.4, 0.5) is 0 Å². The summed E-state index contributed by atoms with van der Waals surface area (Å²) in [4.78, 5) is 12.3. The molecule has 4 heteroatoms. The average Bonchev–Trinajstić information content (AvgIpc) is 3.32. The molecule has 1 aliphatic rings. The Labute approximate surface area is 133 Å². The number of nitrogens with one attached hydrogen (secondary N) is 2. The minimum Gasteiger partial charge on any atom is -0.352 e. The number of hydrogen-bond donors (Lipinski definition) is 3. The lowest BCUT2D eigenvalue weighted by molar-refractivity contribution is -0.123. The third-order valence-corrected chi connectivity index (χ3v) is 4.05. The van der Waals surface area contributed by atoms with Crippen molar-refractivity contribution in [1.29, 1.82) is 0 Å². The summed E-state index contributed by atoms with van der Waals surface area (Å²) in [6, 6.07) is 10.6.